The standard InChI is InChI=1S/C17H12ClNO3S/c18-11-7-5-10(6-8-11)12-3-1-2-4-13(12)14-9-19-16(22-14)15(23)17(20)21/h1-9,15,23H,(H,20,21). The SMILES string of the molecule is O=C(O)C(S)c1ncc(-c2ccccc2-c2ccc(Cl)cc2)o1. The molecule has 3 rings (SSSR count). The molecule has 0 bridgehead atoms. The average molecular weight is 346 g/mol. The lowest BCUT2D eigenvalue weighted by atomic mass is 9.98. The van der Waals surface area contributed by atoms with Crippen LogP contribution in [0.2, 0.25) is 5.02 Å². The van der Waals surface area contributed by atoms with Gasteiger partial charge in [0.1, 0.15) is 0 Å². The van der Waals surface area contributed by atoms with E-state index in [4.69, 9.17) is 21.1 Å². The summed E-state index contributed by atoms with van der Waals surface area (Å²) in [4.78, 5) is 15.0. The van der Waals surface area contributed by atoms with Gasteiger partial charge in [0.25, 0.3) is 0 Å². The van der Waals surface area contributed by atoms with Gasteiger partial charge in [-0.15, -0.1) is 0 Å². The molecular formula is C17H12ClNO3S. The summed E-state index contributed by atoms with van der Waals surface area (Å²) in [6, 6.07) is 15.1. The van der Waals surface area contributed by atoms with Crippen LogP contribution in [-0.4, -0.2) is 16.1 Å². The first-order valence-corrected chi connectivity index (χ1v) is 7.67. The highest BCUT2D eigenvalue weighted by Gasteiger charge is 2.21. The Kier molecular flexibility index (Phi) is 4.41. The summed E-state index contributed by atoms with van der Waals surface area (Å²) in [7, 11) is 0. The van der Waals surface area contributed by atoms with Crippen LogP contribution in [0.4, 0.5) is 0 Å². The van der Waals surface area contributed by atoms with Crippen LogP contribution in [-0.2, 0) is 4.79 Å². The van der Waals surface area contributed by atoms with Gasteiger partial charge in [-0.1, -0.05) is 48.0 Å². The van der Waals surface area contributed by atoms with E-state index < -0.39 is 11.2 Å². The fraction of sp³-hybridized carbons (Fsp3) is 0.0588. The van der Waals surface area contributed by atoms with Crippen molar-refractivity contribution in [1.29, 1.82) is 0 Å². The summed E-state index contributed by atoms with van der Waals surface area (Å²) in [5, 5.41) is 8.55. The van der Waals surface area contributed by atoms with E-state index in [0.29, 0.717) is 10.8 Å². The van der Waals surface area contributed by atoms with Crippen molar-refractivity contribution in [2.75, 3.05) is 0 Å². The number of hydrogen-bond acceptors (Lipinski definition) is 4. The Bertz CT molecular complexity index is 845. The summed E-state index contributed by atoms with van der Waals surface area (Å²) in [6.07, 6.45) is 1.51. The second-order valence-electron chi connectivity index (χ2n) is 4.86. The third-order valence-electron chi connectivity index (χ3n) is 3.34. The molecule has 1 aromatic heterocycles. The van der Waals surface area contributed by atoms with Crippen molar-refractivity contribution in [3.05, 3.63) is 65.6 Å². The number of nitrogens with zero attached hydrogens (tertiary/aromatic N) is 1. The van der Waals surface area contributed by atoms with Crippen LogP contribution in [0.1, 0.15) is 11.1 Å². The Labute approximate surface area is 143 Å². The Morgan fingerprint density at radius 1 is 1.13 bits per heavy atom. The third-order valence-corrected chi connectivity index (χ3v) is 4.03. The fourth-order valence-corrected chi connectivity index (χ4v) is 2.47. The van der Waals surface area contributed by atoms with Gasteiger partial charge in [-0.05, 0) is 23.3 Å². The lowest BCUT2D eigenvalue weighted by molar-refractivity contribution is -0.136. The van der Waals surface area contributed by atoms with Gasteiger partial charge >= 0.3 is 5.97 Å². The molecule has 2 aromatic carbocycles. The number of thiol groups is 1. The first-order chi connectivity index (χ1) is 11.1. The summed E-state index contributed by atoms with van der Waals surface area (Å²) in [5.41, 5.74) is 2.74. The molecule has 0 spiro atoms. The molecule has 0 saturated heterocycles. The third kappa shape index (κ3) is 3.25. The summed E-state index contributed by atoms with van der Waals surface area (Å²) in [6.45, 7) is 0. The van der Waals surface area contributed by atoms with Crippen LogP contribution in [0.15, 0.2) is 59.1 Å². The highest BCUT2D eigenvalue weighted by Crippen LogP contribution is 2.34. The van der Waals surface area contributed by atoms with Gasteiger partial charge in [-0.3, -0.25) is 4.79 Å². The van der Waals surface area contributed by atoms with E-state index in [1.54, 1.807) is 0 Å². The van der Waals surface area contributed by atoms with Gasteiger partial charge in [0.2, 0.25) is 5.89 Å². The molecule has 0 radical (unpaired) electrons. The lowest BCUT2D eigenvalue weighted by Crippen LogP contribution is -2.04. The quantitative estimate of drug-likeness (QED) is 0.672. The minimum Gasteiger partial charge on any atom is -0.480 e. The van der Waals surface area contributed by atoms with Crippen molar-refractivity contribution in [3.63, 3.8) is 0 Å². The first-order valence-electron chi connectivity index (χ1n) is 6.78. The van der Waals surface area contributed by atoms with Crippen molar-refractivity contribution >= 4 is 30.2 Å². The number of benzene rings is 2. The number of aliphatic carboxylic acids is 1. The normalized spacial score (nSPS) is 12.1. The van der Waals surface area contributed by atoms with E-state index in [1.165, 1.54) is 6.20 Å². The Hall–Kier alpha value is -2.24. The van der Waals surface area contributed by atoms with Crippen molar-refractivity contribution in [2.24, 2.45) is 0 Å². The molecule has 0 aliphatic heterocycles. The zero-order chi connectivity index (χ0) is 16.4. The monoisotopic (exact) mass is 345 g/mol. The van der Waals surface area contributed by atoms with Gasteiger partial charge in [0, 0.05) is 10.6 Å². The van der Waals surface area contributed by atoms with Crippen LogP contribution >= 0.6 is 24.2 Å². The number of halogens is 1. The molecular weight excluding hydrogens is 334 g/mol. The highest BCUT2D eigenvalue weighted by molar-refractivity contribution is 7.81. The topological polar surface area (TPSA) is 63.3 Å². The first kappa shape index (κ1) is 15.6. The second kappa shape index (κ2) is 6.48. The van der Waals surface area contributed by atoms with E-state index in [2.05, 4.69) is 17.6 Å². The van der Waals surface area contributed by atoms with Crippen LogP contribution in [0.3, 0.4) is 0 Å². The summed E-state index contributed by atoms with van der Waals surface area (Å²) in [5.74, 6) is -0.555. The maximum absolute atomic E-state index is 11.0. The maximum Gasteiger partial charge on any atom is 0.325 e. The van der Waals surface area contributed by atoms with E-state index in [-0.39, 0.29) is 5.89 Å². The molecule has 4 nitrogen and oxygen atoms in total. The van der Waals surface area contributed by atoms with Crippen LogP contribution in [0.5, 0.6) is 0 Å². The molecule has 6 heteroatoms. The van der Waals surface area contributed by atoms with E-state index in [0.717, 1.165) is 16.7 Å². The van der Waals surface area contributed by atoms with Gasteiger partial charge in [-0.25, -0.2) is 4.98 Å². The second-order valence-corrected chi connectivity index (χ2v) is 5.81. The molecule has 1 unspecified atom stereocenters. The van der Waals surface area contributed by atoms with Gasteiger partial charge < -0.3 is 9.52 Å². The summed E-state index contributed by atoms with van der Waals surface area (Å²) < 4.78 is 5.58. The molecule has 3 aromatic rings. The molecule has 0 saturated carbocycles. The minimum absolute atomic E-state index is 0.0572. The average Bonchev–Trinajstić information content (AvgIpc) is 3.04. The van der Waals surface area contributed by atoms with E-state index >= 15 is 0 Å². The molecule has 0 aliphatic carbocycles. The maximum atomic E-state index is 11.0. The Morgan fingerprint density at radius 3 is 2.43 bits per heavy atom. The number of rotatable bonds is 4. The van der Waals surface area contributed by atoms with Crippen molar-refractivity contribution < 1.29 is 14.3 Å². The van der Waals surface area contributed by atoms with Crippen LogP contribution < -0.4 is 0 Å². The van der Waals surface area contributed by atoms with E-state index in [9.17, 15) is 4.79 Å². The molecule has 0 aliphatic rings. The minimum atomic E-state index is -1.10. The van der Waals surface area contributed by atoms with Crippen molar-refractivity contribution in [2.45, 2.75) is 5.25 Å². The smallest absolute Gasteiger partial charge is 0.325 e. The van der Waals surface area contributed by atoms with Gasteiger partial charge in [-0.2, -0.15) is 12.6 Å². The molecule has 116 valence electrons. The molecule has 1 N–H and O–H groups in total. The fourth-order valence-electron chi connectivity index (χ4n) is 2.22. The number of carboxylic acid groups (broad SMARTS) is 1. The van der Waals surface area contributed by atoms with Gasteiger partial charge in [0.15, 0.2) is 11.0 Å². The number of hydrogen-bond donors (Lipinski definition) is 2. The largest absolute Gasteiger partial charge is 0.480 e. The van der Waals surface area contributed by atoms with Crippen LogP contribution in [0, 0.1) is 0 Å². The molecule has 0 amide bonds. The van der Waals surface area contributed by atoms with E-state index in [1.807, 2.05) is 48.5 Å². The van der Waals surface area contributed by atoms with Crippen molar-refractivity contribution in [3.8, 4) is 22.5 Å². The van der Waals surface area contributed by atoms with Crippen LogP contribution in [0.25, 0.3) is 22.5 Å². The predicted molar refractivity (Wildman–Crippen MR) is 91.7 cm³/mol. The molecule has 1 heterocycles. The predicted octanol–water partition coefficient (Wildman–Crippen LogP) is 4.72. The number of oxazole rings is 1. The Balaban J connectivity index is 2.04. The molecule has 1 atom stereocenters. The molecule has 0 fully saturated rings. The summed E-state index contributed by atoms with van der Waals surface area (Å²) >= 11 is 9.91. The molecule has 23 heavy (non-hydrogen) atoms. The number of carbonyl (C=O) groups is 1. The van der Waals surface area contributed by atoms with Crippen molar-refractivity contribution in [1.82, 2.24) is 4.98 Å². The number of aromatic nitrogens is 1. The number of carboxylic acids is 1. The zero-order valence-electron chi connectivity index (χ0n) is 11.8. The Morgan fingerprint density at radius 2 is 1.78 bits per heavy atom. The zero-order valence-corrected chi connectivity index (χ0v) is 13.5. The van der Waals surface area contributed by atoms with Gasteiger partial charge in [0.05, 0.1) is 6.20 Å². The highest BCUT2D eigenvalue weighted by atomic mass is 35.5. The lowest BCUT2D eigenvalue weighted by Gasteiger charge is -2.07.